The third-order valence-electron chi connectivity index (χ3n) is 5.04. The van der Waals surface area contributed by atoms with Crippen molar-refractivity contribution in [2.24, 2.45) is 0 Å². The van der Waals surface area contributed by atoms with E-state index >= 15 is 0 Å². The van der Waals surface area contributed by atoms with E-state index in [9.17, 15) is 27.6 Å². The highest BCUT2D eigenvalue weighted by Gasteiger charge is 2.52. The van der Waals surface area contributed by atoms with Crippen LogP contribution in [0.15, 0.2) is 18.2 Å². The minimum Gasteiger partial charge on any atom is -0.326 e. The maximum Gasteiger partial charge on any atom is 0.417 e. The number of alkyl halides is 3. The minimum absolute atomic E-state index is 0.0263. The maximum atomic E-state index is 12.9. The number of anilines is 1. The fourth-order valence-electron chi connectivity index (χ4n) is 3.64. The van der Waals surface area contributed by atoms with Gasteiger partial charge in [0.2, 0.25) is 5.91 Å². The lowest BCUT2D eigenvalue weighted by Crippen LogP contribution is -2.44. The third-order valence-corrected chi connectivity index (χ3v) is 5.37. The molecule has 1 saturated carbocycles. The molecule has 2 N–H and O–H groups in total. The highest BCUT2D eigenvalue weighted by Crippen LogP contribution is 2.36. The Morgan fingerprint density at radius 2 is 1.93 bits per heavy atom. The van der Waals surface area contributed by atoms with E-state index in [4.69, 9.17) is 11.6 Å². The zero-order chi connectivity index (χ0) is 20.5. The zero-order valence-electron chi connectivity index (χ0n) is 14.9. The van der Waals surface area contributed by atoms with E-state index in [0.717, 1.165) is 29.9 Å². The molecule has 1 aromatic rings. The SMILES string of the molecule is O=C(CCCN1C(=O)NC2(CCCC2)C1=O)Nc1ccc(Cl)c(C(F)(F)F)c1. The number of hydrogen-bond acceptors (Lipinski definition) is 3. The van der Waals surface area contributed by atoms with Gasteiger partial charge in [-0.15, -0.1) is 0 Å². The molecule has 0 atom stereocenters. The molecule has 1 saturated heterocycles. The number of nitrogens with zero attached hydrogens (tertiary/aromatic N) is 1. The Bertz CT molecular complexity index is 807. The first-order chi connectivity index (χ1) is 13.1. The van der Waals surface area contributed by atoms with Gasteiger partial charge in [-0.2, -0.15) is 13.2 Å². The molecule has 4 amide bonds. The van der Waals surface area contributed by atoms with Crippen LogP contribution in [0.2, 0.25) is 5.02 Å². The van der Waals surface area contributed by atoms with Crippen LogP contribution in [0.4, 0.5) is 23.7 Å². The van der Waals surface area contributed by atoms with Crippen LogP contribution < -0.4 is 10.6 Å². The normalized spacial score (nSPS) is 18.6. The van der Waals surface area contributed by atoms with Gasteiger partial charge in [0.1, 0.15) is 5.54 Å². The first-order valence-corrected chi connectivity index (χ1v) is 9.31. The molecule has 1 aliphatic carbocycles. The van der Waals surface area contributed by atoms with Gasteiger partial charge in [-0.1, -0.05) is 24.4 Å². The summed E-state index contributed by atoms with van der Waals surface area (Å²) >= 11 is 5.54. The van der Waals surface area contributed by atoms with Gasteiger partial charge in [-0.05, 0) is 37.5 Å². The predicted octanol–water partition coefficient (Wildman–Crippen LogP) is 3.94. The van der Waals surface area contributed by atoms with E-state index in [1.807, 2.05) is 0 Å². The number of amides is 4. The highest BCUT2D eigenvalue weighted by molar-refractivity contribution is 6.31. The molecule has 1 aliphatic heterocycles. The van der Waals surface area contributed by atoms with Crippen molar-refractivity contribution in [3.05, 3.63) is 28.8 Å². The average Bonchev–Trinajstić information content (AvgIpc) is 3.16. The number of carbonyl (C=O) groups is 3. The van der Waals surface area contributed by atoms with Gasteiger partial charge in [-0.25, -0.2) is 4.79 Å². The number of rotatable bonds is 5. The summed E-state index contributed by atoms with van der Waals surface area (Å²) in [7, 11) is 0. The number of nitrogens with one attached hydrogen (secondary N) is 2. The molecule has 1 spiro atoms. The quantitative estimate of drug-likeness (QED) is 0.712. The molecule has 6 nitrogen and oxygen atoms in total. The molecule has 1 aromatic carbocycles. The molecule has 3 rings (SSSR count). The first-order valence-electron chi connectivity index (χ1n) is 8.93. The summed E-state index contributed by atoms with van der Waals surface area (Å²) in [6.07, 6.45) is -1.47. The zero-order valence-corrected chi connectivity index (χ0v) is 15.6. The Labute approximate surface area is 164 Å². The lowest BCUT2D eigenvalue weighted by Gasteiger charge is -2.19. The van der Waals surface area contributed by atoms with Crippen molar-refractivity contribution < 1.29 is 27.6 Å². The Morgan fingerprint density at radius 1 is 1.25 bits per heavy atom. The van der Waals surface area contributed by atoms with Gasteiger partial charge in [0, 0.05) is 18.7 Å². The van der Waals surface area contributed by atoms with Crippen LogP contribution in [0, 0.1) is 0 Å². The van der Waals surface area contributed by atoms with Crippen LogP contribution in [0.25, 0.3) is 0 Å². The van der Waals surface area contributed by atoms with Crippen molar-refractivity contribution in [2.75, 3.05) is 11.9 Å². The molecule has 2 aliphatic rings. The van der Waals surface area contributed by atoms with E-state index in [0.29, 0.717) is 12.8 Å². The molecular formula is C18H19ClF3N3O3. The monoisotopic (exact) mass is 417 g/mol. The Balaban J connectivity index is 1.53. The molecule has 0 aromatic heterocycles. The largest absolute Gasteiger partial charge is 0.417 e. The summed E-state index contributed by atoms with van der Waals surface area (Å²) in [5.41, 5.74) is -1.86. The molecule has 0 radical (unpaired) electrons. The number of urea groups is 1. The van der Waals surface area contributed by atoms with E-state index < -0.39 is 34.2 Å². The number of imide groups is 1. The van der Waals surface area contributed by atoms with Gasteiger partial charge >= 0.3 is 12.2 Å². The molecule has 0 unspecified atom stereocenters. The topological polar surface area (TPSA) is 78.5 Å². The Morgan fingerprint density at radius 3 is 2.57 bits per heavy atom. The molecule has 28 heavy (non-hydrogen) atoms. The number of hydrogen-bond donors (Lipinski definition) is 2. The van der Waals surface area contributed by atoms with E-state index in [-0.39, 0.29) is 31.0 Å². The third kappa shape index (κ3) is 4.09. The smallest absolute Gasteiger partial charge is 0.326 e. The predicted molar refractivity (Wildman–Crippen MR) is 95.8 cm³/mol. The number of halogens is 4. The van der Waals surface area contributed by atoms with Crippen LogP contribution in [0.5, 0.6) is 0 Å². The Hall–Kier alpha value is -2.29. The summed E-state index contributed by atoms with van der Waals surface area (Å²) in [6.45, 7) is 0.0776. The lowest BCUT2D eigenvalue weighted by molar-refractivity contribution is -0.137. The maximum absolute atomic E-state index is 12.9. The number of carbonyl (C=O) groups excluding carboxylic acids is 3. The molecule has 1 heterocycles. The molecule has 0 bridgehead atoms. The fraction of sp³-hybridized carbons (Fsp3) is 0.500. The second-order valence-electron chi connectivity index (χ2n) is 7.02. The van der Waals surface area contributed by atoms with Crippen LogP contribution >= 0.6 is 11.6 Å². The second-order valence-corrected chi connectivity index (χ2v) is 7.43. The van der Waals surface area contributed by atoms with Crippen LogP contribution in [0.1, 0.15) is 44.1 Å². The summed E-state index contributed by atoms with van der Waals surface area (Å²) in [5.74, 6) is -0.777. The fourth-order valence-corrected chi connectivity index (χ4v) is 3.86. The summed E-state index contributed by atoms with van der Waals surface area (Å²) in [5, 5.41) is 4.67. The summed E-state index contributed by atoms with van der Waals surface area (Å²) < 4.78 is 38.6. The van der Waals surface area contributed by atoms with Crippen molar-refractivity contribution >= 4 is 35.1 Å². The first kappa shape index (κ1) is 20.4. The molecule has 152 valence electrons. The number of benzene rings is 1. The minimum atomic E-state index is -4.63. The van der Waals surface area contributed by atoms with Crippen molar-refractivity contribution in [2.45, 2.75) is 50.2 Å². The standard InChI is InChI=1S/C18H19ClF3N3O3/c19-13-6-5-11(10-12(13)18(20,21)22)23-14(26)4-3-9-25-15(27)17(24-16(25)28)7-1-2-8-17/h5-6,10H,1-4,7-9H2,(H,23,26)(H,24,28). The van der Waals surface area contributed by atoms with Crippen molar-refractivity contribution in [1.29, 1.82) is 0 Å². The lowest BCUT2D eigenvalue weighted by atomic mass is 9.98. The van der Waals surface area contributed by atoms with Gasteiger partial charge in [0.05, 0.1) is 10.6 Å². The summed E-state index contributed by atoms with van der Waals surface area (Å²) in [4.78, 5) is 37.7. The Kier molecular flexibility index (Phi) is 5.56. The van der Waals surface area contributed by atoms with Gasteiger partial charge in [-0.3, -0.25) is 14.5 Å². The van der Waals surface area contributed by atoms with Crippen LogP contribution in [-0.2, 0) is 15.8 Å². The van der Waals surface area contributed by atoms with Gasteiger partial charge in [0.25, 0.3) is 5.91 Å². The van der Waals surface area contributed by atoms with Crippen LogP contribution in [0.3, 0.4) is 0 Å². The highest BCUT2D eigenvalue weighted by atomic mass is 35.5. The van der Waals surface area contributed by atoms with E-state index in [1.165, 1.54) is 6.07 Å². The molecular weight excluding hydrogens is 399 g/mol. The molecule has 10 heteroatoms. The van der Waals surface area contributed by atoms with E-state index in [1.54, 1.807) is 0 Å². The van der Waals surface area contributed by atoms with Crippen molar-refractivity contribution in [3.8, 4) is 0 Å². The van der Waals surface area contributed by atoms with Crippen molar-refractivity contribution in [3.63, 3.8) is 0 Å². The second kappa shape index (κ2) is 7.62. The average molecular weight is 418 g/mol. The molecule has 2 fully saturated rings. The van der Waals surface area contributed by atoms with Gasteiger partial charge in [0.15, 0.2) is 0 Å². The van der Waals surface area contributed by atoms with Crippen molar-refractivity contribution in [1.82, 2.24) is 10.2 Å². The van der Waals surface area contributed by atoms with Crippen LogP contribution in [-0.4, -0.2) is 34.8 Å². The van der Waals surface area contributed by atoms with E-state index in [2.05, 4.69) is 10.6 Å². The van der Waals surface area contributed by atoms with Gasteiger partial charge < -0.3 is 10.6 Å². The summed E-state index contributed by atoms with van der Waals surface area (Å²) in [6, 6.07) is 2.65.